The van der Waals surface area contributed by atoms with E-state index in [-0.39, 0.29) is 0 Å². The number of hydrogen-bond acceptors (Lipinski definition) is 4. The molecule has 0 atom stereocenters. The van der Waals surface area contributed by atoms with Crippen molar-refractivity contribution >= 4 is 43.1 Å². The van der Waals surface area contributed by atoms with E-state index in [0.29, 0.717) is 11.5 Å². The van der Waals surface area contributed by atoms with Crippen LogP contribution < -0.4 is 0 Å². The second-order valence-electron chi connectivity index (χ2n) is 9.93. The number of rotatable bonds is 3. The average Bonchev–Trinajstić information content (AvgIpc) is 3.04. The molecule has 4 heteroatoms. The Kier molecular flexibility index (Phi) is 5.10. The molecular formula is C36H22N4. The van der Waals surface area contributed by atoms with E-state index in [4.69, 9.17) is 9.97 Å². The molecule has 40 heavy (non-hydrogen) atoms. The third-order valence-corrected chi connectivity index (χ3v) is 7.64. The highest BCUT2D eigenvalue weighted by Gasteiger charge is 2.16. The first-order valence-electron chi connectivity index (χ1n) is 13.3. The molecule has 0 aliphatic heterocycles. The van der Waals surface area contributed by atoms with Gasteiger partial charge < -0.3 is 0 Å². The van der Waals surface area contributed by atoms with E-state index in [2.05, 4.69) is 125 Å². The number of nitrogens with zero attached hydrogens (tertiary/aromatic N) is 4. The third-order valence-electron chi connectivity index (χ3n) is 7.64. The van der Waals surface area contributed by atoms with Crippen molar-refractivity contribution in [2.24, 2.45) is 0 Å². The first kappa shape index (κ1) is 22.5. The zero-order valence-electron chi connectivity index (χ0n) is 21.5. The molecule has 4 nitrogen and oxygen atoms in total. The van der Waals surface area contributed by atoms with Gasteiger partial charge in [-0.3, -0.25) is 4.98 Å². The Labute approximate surface area is 230 Å². The molecule has 0 aliphatic rings. The Bertz CT molecular complexity index is 2080. The Morgan fingerprint density at radius 3 is 1.50 bits per heavy atom. The summed E-state index contributed by atoms with van der Waals surface area (Å²) in [7, 11) is 0. The Morgan fingerprint density at radius 1 is 0.400 bits per heavy atom. The lowest BCUT2D eigenvalue weighted by molar-refractivity contribution is 1.12. The van der Waals surface area contributed by atoms with Crippen LogP contribution in [0.3, 0.4) is 0 Å². The van der Waals surface area contributed by atoms with E-state index in [1.54, 1.807) is 18.6 Å². The summed E-state index contributed by atoms with van der Waals surface area (Å²) in [5.41, 5.74) is 4.46. The zero-order chi connectivity index (χ0) is 26.5. The van der Waals surface area contributed by atoms with E-state index in [1.807, 2.05) is 0 Å². The van der Waals surface area contributed by atoms with Gasteiger partial charge in [-0.05, 0) is 49.2 Å². The van der Waals surface area contributed by atoms with Crippen LogP contribution in [0.5, 0.6) is 0 Å². The third kappa shape index (κ3) is 3.62. The summed E-state index contributed by atoms with van der Waals surface area (Å²) in [5, 5.41) is 9.61. The van der Waals surface area contributed by atoms with Gasteiger partial charge in [-0.2, -0.15) is 0 Å². The lowest BCUT2D eigenvalue weighted by Gasteiger charge is -2.13. The molecule has 0 saturated heterocycles. The largest absolute Gasteiger partial charge is 0.261 e. The molecule has 8 rings (SSSR count). The first-order chi connectivity index (χ1) is 19.8. The SMILES string of the molecule is c1ccc2c(c1)ccc1c(-c3cc(-c4cccc5c4ccc4ccccc45)nc(-c4cnccn4)n3)cccc12. The molecule has 2 aromatic heterocycles. The fourth-order valence-electron chi connectivity index (χ4n) is 5.78. The van der Waals surface area contributed by atoms with E-state index in [9.17, 15) is 0 Å². The Morgan fingerprint density at radius 2 is 0.950 bits per heavy atom. The van der Waals surface area contributed by atoms with Crippen molar-refractivity contribution in [2.45, 2.75) is 0 Å². The fourth-order valence-corrected chi connectivity index (χ4v) is 5.78. The minimum Gasteiger partial charge on any atom is -0.261 e. The van der Waals surface area contributed by atoms with Crippen LogP contribution in [0.1, 0.15) is 0 Å². The summed E-state index contributed by atoms with van der Waals surface area (Å²) in [5.74, 6) is 0.552. The summed E-state index contributed by atoms with van der Waals surface area (Å²) < 4.78 is 0. The molecule has 0 bridgehead atoms. The van der Waals surface area contributed by atoms with Crippen molar-refractivity contribution in [3.05, 3.63) is 134 Å². The highest BCUT2D eigenvalue weighted by molar-refractivity contribution is 6.13. The highest BCUT2D eigenvalue weighted by Crippen LogP contribution is 2.37. The average molecular weight is 511 g/mol. The van der Waals surface area contributed by atoms with Crippen LogP contribution >= 0.6 is 0 Å². The van der Waals surface area contributed by atoms with Gasteiger partial charge in [-0.1, -0.05) is 109 Å². The molecule has 6 aromatic carbocycles. The lowest BCUT2D eigenvalue weighted by Crippen LogP contribution is -1.98. The molecule has 8 aromatic rings. The van der Waals surface area contributed by atoms with Crippen molar-refractivity contribution in [2.75, 3.05) is 0 Å². The molecular weight excluding hydrogens is 488 g/mol. The molecule has 0 spiro atoms. The smallest absolute Gasteiger partial charge is 0.180 e. The summed E-state index contributed by atoms with van der Waals surface area (Å²) in [6.07, 6.45) is 5.06. The number of hydrogen-bond donors (Lipinski definition) is 0. The van der Waals surface area contributed by atoms with Gasteiger partial charge in [-0.25, -0.2) is 15.0 Å². The van der Waals surface area contributed by atoms with Crippen molar-refractivity contribution < 1.29 is 0 Å². The topological polar surface area (TPSA) is 51.6 Å². The van der Waals surface area contributed by atoms with Crippen molar-refractivity contribution in [1.29, 1.82) is 0 Å². The van der Waals surface area contributed by atoms with Gasteiger partial charge in [0, 0.05) is 23.5 Å². The second kappa shape index (κ2) is 9.07. The number of aromatic nitrogens is 4. The fraction of sp³-hybridized carbons (Fsp3) is 0. The minimum absolute atomic E-state index is 0.552. The molecule has 0 aliphatic carbocycles. The second-order valence-corrected chi connectivity index (χ2v) is 9.93. The zero-order valence-corrected chi connectivity index (χ0v) is 21.5. The summed E-state index contributed by atoms with van der Waals surface area (Å²) >= 11 is 0. The summed E-state index contributed by atoms with van der Waals surface area (Å²) in [4.78, 5) is 18.9. The highest BCUT2D eigenvalue weighted by atomic mass is 14.9. The van der Waals surface area contributed by atoms with Crippen LogP contribution in [0.2, 0.25) is 0 Å². The maximum absolute atomic E-state index is 5.05. The van der Waals surface area contributed by atoms with E-state index in [1.165, 1.54) is 32.3 Å². The molecule has 0 amide bonds. The van der Waals surface area contributed by atoms with Gasteiger partial charge in [0.25, 0.3) is 0 Å². The van der Waals surface area contributed by atoms with Crippen LogP contribution in [0, 0.1) is 0 Å². The van der Waals surface area contributed by atoms with Gasteiger partial charge in [0.2, 0.25) is 0 Å². The normalized spacial score (nSPS) is 11.5. The Balaban J connectivity index is 1.42. The van der Waals surface area contributed by atoms with Crippen LogP contribution in [-0.4, -0.2) is 19.9 Å². The van der Waals surface area contributed by atoms with Gasteiger partial charge in [0.1, 0.15) is 5.69 Å². The minimum atomic E-state index is 0.552. The van der Waals surface area contributed by atoms with Crippen molar-refractivity contribution in [3.8, 4) is 34.0 Å². The maximum atomic E-state index is 5.05. The molecule has 0 N–H and O–H groups in total. The van der Waals surface area contributed by atoms with E-state index < -0.39 is 0 Å². The van der Waals surface area contributed by atoms with Crippen molar-refractivity contribution in [1.82, 2.24) is 19.9 Å². The molecule has 0 saturated carbocycles. The van der Waals surface area contributed by atoms with Crippen LogP contribution in [0.15, 0.2) is 134 Å². The lowest BCUT2D eigenvalue weighted by atomic mass is 9.94. The molecule has 0 fully saturated rings. The predicted molar refractivity (Wildman–Crippen MR) is 164 cm³/mol. The number of benzene rings is 6. The Hall–Kier alpha value is -5.48. The number of fused-ring (bicyclic) bond motifs is 6. The predicted octanol–water partition coefficient (Wildman–Crippen LogP) is 8.88. The standard InChI is InChI=1S/C36H22N4/c1-3-9-25-23(7-1)15-17-29-27(25)11-5-13-31(29)33-21-34(40-36(39-33)35-22-37-19-20-38-35)32-14-6-12-28-26-10-4-2-8-24(26)16-18-30(28)32/h1-22H. The monoisotopic (exact) mass is 510 g/mol. The van der Waals surface area contributed by atoms with E-state index >= 15 is 0 Å². The summed E-state index contributed by atoms with van der Waals surface area (Å²) in [6.45, 7) is 0. The van der Waals surface area contributed by atoms with Gasteiger partial charge in [0.05, 0.1) is 17.6 Å². The van der Waals surface area contributed by atoms with Crippen molar-refractivity contribution in [3.63, 3.8) is 0 Å². The van der Waals surface area contributed by atoms with E-state index in [0.717, 1.165) is 33.3 Å². The molecule has 0 radical (unpaired) electrons. The molecule has 0 unspecified atom stereocenters. The molecule has 186 valence electrons. The first-order valence-corrected chi connectivity index (χ1v) is 13.3. The molecule has 2 heterocycles. The van der Waals surface area contributed by atoms with Crippen LogP contribution in [0.25, 0.3) is 77.1 Å². The summed E-state index contributed by atoms with van der Waals surface area (Å²) in [6, 6.07) is 40.7. The quantitative estimate of drug-likeness (QED) is 0.223. The van der Waals surface area contributed by atoms with Gasteiger partial charge in [0.15, 0.2) is 5.82 Å². The van der Waals surface area contributed by atoms with Crippen LogP contribution in [0.4, 0.5) is 0 Å². The van der Waals surface area contributed by atoms with Gasteiger partial charge >= 0.3 is 0 Å². The van der Waals surface area contributed by atoms with Crippen LogP contribution in [-0.2, 0) is 0 Å². The maximum Gasteiger partial charge on any atom is 0.180 e. The van der Waals surface area contributed by atoms with Gasteiger partial charge in [-0.15, -0.1) is 0 Å².